The predicted molar refractivity (Wildman–Crippen MR) is 156 cm³/mol. The Kier molecular flexibility index (Phi) is 9.37. The van der Waals surface area contributed by atoms with Gasteiger partial charge in [-0.15, -0.1) is 0 Å². The van der Waals surface area contributed by atoms with Gasteiger partial charge in [-0.05, 0) is 55.0 Å². The lowest BCUT2D eigenvalue weighted by molar-refractivity contribution is -0.137. The third-order valence-corrected chi connectivity index (χ3v) is 6.83. The number of carbonyl (C=O) groups is 2. The van der Waals surface area contributed by atoms with Crippen LogP contribution in [0.1, 0.15) is 22.4 Å². The van der Waals surface area contributed by atoms with E-state index in [1.54, 1.807) is 12.1 Å². The lowest BCUT2D eigenvalue weighted by atomic mass is 10.1. The fourth-order valence-corrected chi connectivity index (χ4v) is 4.43. The number of methoxy groups -OCH3 is 1. The molecule has 218 valence electrons. The average molecular weight is 598 g/mol. The van der Waals surface area contributed by atoms with Gasteiger partial charge in [-0.2, -0.15) is 13.2 Å². The van der Waals surface area contributed by atoms with Crippen molar-refractivity contribution >= 4 is 46.1 Å². The van der Waals surface area contributed by atoms with Crippen molar-refractivity contribution in [3.05, 3.63) is 100 Å². The van der Waals surface area contributed by atoms with Crippen molar-refractivity contribution in [2.45, 2.75) is 19.7 Å². The predicted octanol–water partition coefficient (Wildman–Crippen LogP) is 6.60. The van der Waals surface area contributed by atoms with Crippen molar-refractivity contribution in [3.8, 4) is 11.5 Å². The first-order valence-electron chi connectivity index (χ1n) is 12.7. The number of aromatic nitrogens is 1. The summed E-state index contributed by atoms with van der Waals surface area (Å²) in [4.78, 5) is 31.0. The molecule has 7 nitrogen and oxygen atoms in total. The molecule has 0 aliphatic rings. The van der Waals surface area contributed by atoms with Crippen molar-refractivity contribution in [2.24, 2.45) is 0 Å². The zero-order valence-electron chi connectivity index (χ0n) is 23.0. The number of anilines is 1. The lowest BCUT2D eigenvalue weighted by Crippen LogP contribution is -2.37. The molecule has 1 aromatic heterocycles. The minimum Gasteiger partial charge on any atom is -0.496 e. The molecule has 0 bridgehead atoms. The van der Waals surface area contributed by atoms with Crippen LogP contribution in [0.25, 0.3) is 17.0 Å². The zero-order chi connectivity index (χ0) is 30.4. The largest absolute Gasteiger partial charge is 0.496 e. The summed E-state index contributed by atoms with van der Waals surface area (Å²) in [5, 5.41) is 3.63. The molecular formula is C31H27ClF3N3O4. The number of para-hydroxylation sites is 1. The van der Waals surface area contributed by atoms with Gasteiger partial charge in [0.2, 0.25) is 11.8 Å². The number of amides is 2. The van der Waals surface area contributed by atoms with Crippen LogP contribution in [0.4, 0.5) is 18.9 Å². The van der Waals surface area contributed by atoms with E-state index in [9.17, 15) is 22.8 Å². The normalized spacial score (nSPS) is 11.5. The molecule has 0 unspecified atom stereocenters. The van der Waals surface area contributed by atoms with E-state index >= 15 is 0 Å². The smallest absolute Gasteiger partial charge is 0.416 e. The highest BCUT2D eigenvalue weighted by Gasteiger charge is 2.29. The standard InChI is InChI=1S/C31H27ClF3N3O4/c1-19-7-11-21-5-4-6-26(30(21)37-19)42-18-23-25(41-3)15-14-24(29(23)32)38(2)28(40)17-36-27(39)16-10-20-8-12-22(13-9-20)31(33,34)35/h4-16H,17-18H2,1-3H3,(H,36,39)/b16-10+. The number of pyridine rings is 1. The van der Waals surface area contributed by atoms with E-state index < -0.39 is 23.6 Å². The number of carbonyl (C=O) groups excluding carboxylic acids is 2. The van der Waals surface area contributed by atoms with E-state index in [1.165, 1.54) is 37.3 Å². The maximum atomic E-state index is 12.9. The molecule has 0 aliphatic carbocycles. The second-order valence-electron chi connectivity index (χ2n) is 9.27. The van der Waals surface area contributed by atoms with Crippen LogP contribution in [0.3, 0.4) is 0 Å². The Bertz CT molecular complexity index is 1640. The quantitative estimate of drug-likeness (QED) is 0.220. The van der Waals surface area contributed by atoms with E-state index in [0.717, 1.165) is 29.3 Å². The molecule has 42 heavy (non-hydrogen) atoms. The first kappa shape index (κ1) is 30.4. The number of alkyl halides is 3. The van der Waals surface area contributed by atoms with Crippen LogP contribution in [-0.4, -0.2) is 37.5 Å². The molecular weight excluding hydrogens is 571 g/mol. The lowest BCUT2D eigenvalue weighted by Gasteiger charge is -2.22. The van der Waals surface area contributed by atoms with Gasteiger partial charge in [0.25, 0.3) is 0 Å². The number of nitrogens with zero attached hydrogens (tertiary/aromatic N) is 2. The van der Waals surface area contributed by atoms with Gasteiger partial charge in [-0.3, -0.25) is 9.59 Å². The number of benzene rings is 3. The number of halogens is 4. The summed E-state index contributed by atoms with van der Waals surface area (Å²) in [5.41, 5.74) is 2.06. The summed E-state index contributed by atoms with van der Waals surface area (Å²) >= 11 is 6.72. The van der Waals surface area contributed by atoms with Crippen LogP contribution in [0.5, 0.6) is 11.5 Å². The van der Waals surface area contributed by atoms with Gasteiger partial charge >= 0.3 is 6.18 Å². The number of ether oxygens (including phenoxy) is 2. The van der Waals surface area contributed by atoms with E-state index in [0.29, 0.717) is 33.8 Å². The number of hydrogen-bond donors (Lipinski definition) is 1. The Balaban J connectivity index is 1.42. The fourth-order valence-electron chi connectivity index (χ4n) is 4.09. The van der Waals surface area contributed by atoms with Gasteiger partial charge in [0.1, 0.15) is 23.6 Å². The van der Waals surface area contributed by atoms with Crippen LogP contribution in [0.15, 0.2) is 72.8 Å². The molecule has 0 atom stereocenters. The maximum absolute atomic E-state index is 12.9. The van der Waals surface area contributed by atoms with Gasteiger partial charge in [0.05, 0.1) is 35.5 Å². The highest BCUT2D eigenvalue weighted by molar-refractivity contribution is 6.34. The van der Waals surface area contributed by atoms with Gasteiger partial charge in [0, 0.05) is 24.2 Å². The third-order valence-electron chi connectivity index (χ3n) is 6.41. The van der Waals surface area contributed by atoms with Crippen molar-refractivity contribution < 1.29 is 32.2 Å². The minimum atomic E-state index is -4.44. The summed E-state index contributed by atoms with van der Waals surface area (Å²) in [6, 6.07) is 17.1. The zero-order valence-corrected chi connectivity index (χ0v) is 23.7. The van der Waals surface area contributed by atoms with Crippen molar-refractivity contribution in [1.29, 1.82) is 0 Å². The van der Waals surface area contributed by atoms with Crippen LogP contribution in [0.2, 0.25) is 5.02 Å². The van der Waals surface area contributed by atoms with Crippen molar-refractivity contribution in [1.82, 2.24) is 10.3 Å². The number of likely N-dealkylation sites (N-methyl/N-ethyl adjacent to an activating group) is 1. The molecule has 0 saturated heterocycles. The number of fused-ring (bicyclic) bond motifs is 1. The van der Waals surface area contributed by atoms with E-state index in [4.69, 9.17) is 21.1 Å². The van der Waals surface area contributed by atoms with Gasteiger partial charge in [-0.25, -0.2) is 4.98 Å². The summed E-state index contributed by atoms with van der Waals surface area (Å²) in [6.07, 6.45) is -1.96. The van der Waals surface area contributed by atoms with Gasteiger partial charge in [0.15, 0.2) is 0 Å². The van der Waals surface area contributed by atoms with Crippen LogP contribution in [0, 0.1) is 6.92 Å². The number of nitrogens with one attached hydrogen (secondary N) is 1. The summed E-state index contributed by atoms with van der Waals surface area (Å²) < 4.78 is 49.7. The Morgan fingerprint density at radius 1 is 1.02 bits per heavy atom. The molecule has 2 amide bonds. The second-order valence-corrected chi connectivity index (χ2v) is 9.65. The Morgan fingerprint density at radius 2 is 1.76 bits per heavy atom. The number of rotatable bonds is 9. The van der Waals surface area contributed by atoms with Gasteiger partial charge < -0.3 is 19.7 Å². The molecule has 3 aromatic carbocycles. The highest BCUT2D eigenvalue weighted by atomic mass is 35.5. The molecule has 4 rings (SSSR count). The highest BCUT2D eigenvalue weighted by Crippen LogP contribution is 2.36. The molecule has 0 radical (unpaired) electrons. The minimum absolute atomic E-state index is 0.0398. The fraction of sp³-hybridized carbons (Fsp3) is 0.194. The van der Waals surface area contributed by atoms with Crippen molar-refractivity contribution in [2.75, 3.05) is 25.6 Å². The molecule has 0 spiro atoms. The third kappa shape index (κ3) is 7.19. The Labute approximate surface area is 245 Å². The van der Waals surface area contributed by atoms with Gasteiger partial charge in [-0.1, -0.05) is 41.9 Å². The monoisotopic (exact) mass is 597 g/mol. The first-order valence-corrected chi connectivity index (χ1v) is 13.1. The Hall–Kier alpha value is -4.57. The van der Waals surface area contributed by atoms with Crippen LogP contribution >= 0.6 is 11.6 Å². The molecule has 11 heteroatoms. The molecule has 1 N–H and O–H groups in total. The van der Waals surface area contributed by atoms with Crippen LogP contribution < -0.4 is 19.7 Å². The molecule has 0 saturated carbocycles. The summed E-state index contributed by atoms with van der Waals surface area (Å²) in [7, 11) is 3.02. The average Bonchev–Trinajstić information content (AvgIpc) is 2.97. The molecule has 0 fully saturated rings. The van der Waals surface area contributed by atoms with Crippen molar-refractivity contribution in [3.63, 3.8) is 0 Å². The Morgan fingerprint density at radius 3 is 2.45 bits per heavy atom. The van der Waals surface area contributed by atoms with E-state index in [-0.39, 0.29) is 18.2 Å². The first-order chi connectivity index (χ1) is 20.0. The molecule has 0 aliphatic heterocycles. The number of aryl methyl sites for hydroxylation is 1. The van der Waals surface area contributed by atoms with E-state index in [1.807, 2.05) is 37.3 Å². The maximum Gasteiger partial charge on any atom is 0.416 e. The molecule has 4 aromatic rings. The summed E-state index contributed by atoms with van der Waals surface area (Å²) in [6.45, 7) is 1.59. The SMILES string of the molecule is COc1ccc(N(C)C(=O)CNC(=O)/C=C/c2ccc(C(F)(F)F)cc2)c(Cl)c1COc1cccc2ccc(C)nc12. The topological polar surface area (TPSA) is 80.8 Å². The second kappa shape index (κ2) is 12.9. The number of hydrogen-bond acceptors (Lipinski definition) is 5. The summed E-state index contributed by atoms with van der Waals surface area (Å²) in [5.74, 6) is -0.0173. The molecule has 1 heterocycles. The van der Waals surface area contributed by atoms with E-state index in [2.05, 4.69) is 10.3 Å². The van der Waals surface area contributed by atoms with Crippen LogP contribution in [-0.2, 0) is 22.4 Å².